The molecular weight excluding hydrogens is 270 g/mol. The van der Waals surface area contributed by atoms with E-state index in [0.717, 1.165) is 0 Å². The Hall–Kier alpha value is -1.75. The maximum atomic E-state index is 12.3. The van der Waals surface area contributed by atoms with Gasteiger partial charge in [-0.05, 0) is 39.8 Å². The van der Waals surface area contributed by atoms with E-state index >= 15 is 0 Å². The molecule has 0 aliphatic carbocycles. The second-order valence-electron chi connectivity index (χ2n) is 4.85. The van der Waals surface area contributed by atoms with Gasteiger partial charge in [0.1, 0.15) is 11.5 Å². The van der Waals surface area contributed by atoms with E-state index in [2.05, 4.69) is 0 Å². The predicted molar refractivity (Wildman–Crippen MR) is 81.6 cm³/mol. The van der Waals surface area contributed by atoms with Gasteiger partial charge in [0.2, 0.25) is 0 Å². The Morgan fingerprint density at radius 2 is 1.90 bits per heavy atom. The molecular formula is C16H25NO4. The minimum absolute atomic E-state index is 0.0700. The maximum Gasteiger partial charge on any atom is 0.263 e. The first-order valence-corrected chi connectivity index (χ1v) is 7.25. The molecule has 5 heteroatoms. The van der Waals surface area contributed by atoms with Crippen molar-refractivity contribution in [1.82, 2.24) is 4.90 Å². The molecule has 5 nitrogen and oxygen atoms in total. The Kier molecular flexibility index (Phi) is 6.49. The van der Waals surface area contributed by atoms with Crippen LogP contribution in [0.4, 0.5) is 0 Å². The molecule has 0 aliphatic heterocycles. The number of nitrogens with zero attached hydrogens (tertiary/aromatic N) is 1. The van der Waals surface area contributed by atoms with E-state index in [9.17, 15) is 9.90 Å². The lowest BCUT2D eigenvalue weighted by molar-refractivity contribution is -0.137. The molecule has 1 N–H and O–H groups in total. The molecule has 1 amide bonds. The third kappa shape index (κ3) is 4.36. The molecule has 0 radical (unpaired) electrons. The van der Waals surface area contributed by atoms with Crippen molar-refractivity contribution in [3.63, 3.8) is 0 Å². The van der Waals surface area contributed by atoms with E-state index in [0.29, 0.717) is 30.2 Å². The average molecular weight is 295 g/mol. The lowest BCUT2D eigenvalue weighted by atomic mass is 10.1. The number of hydrogen-bond donors (Lipinski definition) is 1. The number of rotatable bonds is 7. The van der Waals surface area contributed by atoms with Gasteiger partial charge < -0.3 is 19.5 Å². The summed E-state index contributed by atoms with van der Waals surface area (Å²) in [6.07, 6.45) is -1.30. The topological polar surface area (TPSA) is 59.0 Å². The zero-order valence-electron chi connectivity index (χ0n) is 13.4. The minimum Gasteiger partial charge on any atom is -0.497 e. The lowest BCUT2D eigenvalue weighted by Crippen LogP contribution is -2.40. The van der Waals surface area contributed by atoms with Crippen LogP contribution in [-0.4, -0.2) is 42.2 Å². The second-order valence-corrected chi connectivity index (χ2v) is 4.85. The molecule has 0 saturated carbocycles. The quantitative estimate of drug-likeness (QED) is 0.839. The van der Waals surface area contributed by atoms with Crippen molar-refractivity contribution >= 4 is 5.91 Å². The van der Waals surface area contributed by atoms with Crippen LogP contribution in [0.15, 0.2) is 18.2 Å². The molecule has 118 valence electrons. The SMILES string of the molecule is CCN(CC)C(=O)C(C)Oc1cc(OC)ccc1[C@@H](C)O. The van der Waals surface area contributed by atoms with Crippen molar-refractivity contribution < 1.29 is 19.4 Å². The van der Waals surface area contributed by atoms with Crippen molar-refractivity contribution in [2.45, 2.75) is 39.9 Å². The van der Waals surface area contributed by atoms with Gasteiger partial charge in [-0.3, -0.25) is 4.79 Å². The molecule has 2 atom stereocenters. The molecule has 21 heavy (non-hydrogen) atoms. The van der Waals surface area contributed by atoms with Gasteiger partial charge in [0.25, 0.3) is 5.91 Å². The monoisotopic (exact) mass is 295 g/mol. The predicted octanol–water partition coefficient (Wildman–Crippen LogP) is 2.38. The number of ether oxygens (including phenoxy) is 2. The molecule has 0 heterocycles. The summed E-state index contributed by atoms with van der Waals surface area (Å²) in [5.74, 6) is 1.02. The lowest BCUT2D eigenvalue weighted by Gasteiger charge is -2.24. The van der Waals surface area contributed by atoms with Crippen LogP contribution in [0, 0.1) is 0 Å². The highest BCUT2D eigenvalue weighted by Crippen LogP contribution is 2.30. The molecule has 1 unspecified atom stereocenters. The van der Waals surface area contributed by atoms with E-state index in [1.54, 1.807) is 44.1 Å². The first-order valence-electron chi connectivity index (χ1n) is 7.25. The third-order valence-corrected chi connectivity index (χ3v) is 3.40. The molecule has 0 bridgehead atoms. The van der Waals surface area contributed by atoms with Gasteiger partial charge in [-0.1, -0.05) is 0 Å². The minimum atomic E-state index is -0.679. The molecule has 1 rings (SSSR count). The van der Waals surface area contributed by atoms with Gasteiger partial charge in [0.05, 0.1) is 13.2 Å². The Morgan fingerprint density at radius 3 is 2.38 bits per heavy atom. The molecule has 0 saturated heterocycles. The first kappa shape index (κ1) is 17.3. The number of amides is 1. The van der Waals surface area contributed by atoms with Crippen LogP contribution in [0.3, 0.4) is 0 Å². The van der Waals surface area contributed by atoms with Crippen molar-refractivity contribution in [3.8, 4) is 11.5 Å². The number of carbonyl (C=O) groups excluding carboxylic acids is 1. The fourth-order valence-electron chi connectivity index (χ4n) is 2.12. The summed E-state index contributed by atoms with van der Waals surface area (Å²) in [5, 5.41) is 9.81. The number of benzene rings is 1. The van der Waals surface area contributed by atoms with Gasteiger partial charge >= 0.3 is 0 Å². The summed E-state index contributed by atoms with van der Waals surface area (Å²) in [6, 6.07) is 5.19. The fourth-order valence-corrected chi connectivity index (χ4v) is 2.12. The Balaban J connectivity index is 2.97. The number of hydrogen-bond acceptors (Lipinski definition) is 4. The average Bonchev–Trinajstić information content (AvgIpc) is 2.47. The normalized spacial score (nSPS) is 13.4. The zero-order chi connectivity index (χ0) is 16.0. The van der Waals surface area contributed by atoms with Crippen LogP contribution in [0.25, 0.3) is 0 Å². The van der Waals surface area contributed by atoms with Crippen LogP contribution in [0.5, 0.6) is 11.5 Å². The van der Waals surface area contributed by atoms with E-state index in [-0.39, 0.29) is 5.91 Å². The van der Waals surface area contributed by atoms with E-state index in [1.165, 1.54) is 0 Å². The number of likely N-dealkylation sites (N-methyl/N-ethyl adjacent to an activating group) is 1. The maximum absolute atomic E-state index is 12.3. The summed E-state index contributed by atoms with van der Waals surface area (Å²) in [6.45, 7) is 8.52. The van der Waals surface area contributed by atoms with Crippen LogP contribution in [-0.2, 0) is 4.79 Å². The molecule has 0 aliphatic rings. The number of aliphatic hydroxyl groups is 1. The van der Waals surface area contributed by atoms with Crippen molar-refractivity contribution in [2.24, 2.45) is 0 Å². The summed E-state index contributed by atoms with van der Waals surface area (Å²) >= 11 is 0. The molecule has 0 spiro atoms. The Morgan fingerprint density at radius 1 is 1.29 bits per heavy atom. The highest BCUT2D eigenvalue weighted by atomic mass is 16.5. The number of methoxy groups -OCH3 is 1. The molecule has 0 fully saturated rings. The fraction of sp³-hybridized carbons (Fsp3) is 0.562. The Labute approximate surface area is 126 Å². The Bertz CT molecular complexity index is 469. The summed E-state index contributed by atoms with van der Waals surface area (Å²) < 4.78 is 10.9. The largest absolute Gasteiger partial charge is 0.497 e. The zero-order valence-corrected chi connectivity index (χ0v) is 13.4. The summed E-state index contributed by atoms with van der Waals surface area (Å²) in [5.41, 5.74) is 0.634. The summed E-state index contributed by atoms with van der Waals surface area (Å²) in [4.78, 5) is 14.0. The molecule has 1 aromatic rings. The highest BCUT2D eigenvalue weighted by Gasteiger charge is 2.22. The second kappa shape index (κ2) is 7.88. The third-order valence-electron chi connectivity index (χ3n) is 3.40. The smallest absolute Gasteiger partial charge is 0.263 e. The van der Waals surface area contributed by atoms with Gasteiger partial charge in [0.15, 0.2) is 6.10 Å². The van der Waals surface area contributed by atoms with E-state index < -0.39 is 12.2 Å². The van der Waals surface area contributed by atoms with Crippen molar-refractivity contribution in [3.05, 3.63) is 23.8 Å². The number of aliphatic hydroxyl groups excluding tert-OH is 1. The van der Waals surface area contributed by atoms with E-state index in [4.69, 9.17) is 9.47 Å². The van der Waals surface area contributed by atoms with Crippen LogP contribution in [0.1, 0.15) is 39.4 Å². The van der Waals surface area contributed by atoms with Gasteiger partial charge in [-0.15, -0.1) is 0 Å². The van der Waals surface area contributed by atoms with Crippen LogP contribution >= 0.6 is 0 Å². The molecule has 0 aromatic heterocycles. The van der Waals surface area contributed by atoms with Crippen LogP contribution < -0.4 is 9.47 Å². The van der Waals surface area contributed by atoms with Gasteiger partial charge in [-0.25, -0.2) is 0 Å². The van der Waals surface area contributed by atoms with Crippen molar-refractivity contribution in [2.75, 3.05) is 20.2 Å². The summed E-state index contributed by atoms with van der Waals surface area (Å²) in [7, 11) is 1.56. The standard InChI is InChI=1S/C16H25NO4/c1-6-17(7-2)16(19)12(4)21-15-10-13(20-5)8-9-14(15)11(3)18/h8-12,18H,6-7H2,1-5H3/t11-,12?/m1/s1. The van der Waals surface area contributed by atoms with Crippen LogP contribution in [0.2, 0.25) is 0 Å². The highest BCUT2D eigenvalue weighted by molar-refractivity contribution is 5.80. The number of carbonyl (C=O) groups is 1. The molecule has 1 aromatic carbocycles. The first-order chi connectivity index (χ1) is 9.94. The van der Waals surface area contributed by atoms with Gasteiger partial charge in [0, 0.05) is 24.7 Å². The van der Waals surface area contributed by atoms with Gasteiger partial charge in [-0.2, -0.15) is 0 Å². The van der Waals surface area contributed by atoms with Crippen molar-refractivity contribution in [1.29, 1.82) is 0 Å². The van der Waals surface area contributed by atoms with E-state index in [1.807, 2.05) is 13.8 Å².